The number of rotatable bonds is 9. The van der Waals surface area contributed by atoms with Crippen LogP contribution in [0.4, 0.5) is 0 Å². The molecule has 0 radical (unpaired) electrons. The van der Waals surface area contributed by atoms with E-state index in [-0.39, 0.29) is 17.1 Å². The van der Waals surface area contributed by atoms with Gasteiger partial charge in [0.15, 0.2) is 0 Å². The molecule has 2 aliphatic heterocycles. The summed E-state index contributed by atoms with van der Waals surface area (Å²) >= 11 is 0. The zero-order valence-electron chi connectivity index (χ0n) is 31.7. The van der Waals surface area contributed by atoms with Crippen LogP contribution in [0, 0.1) is 29.1 Å². The lowest BCUT2D eigenvalue weighted by Crippen LogP contribution is -2.61. The van der Waals surface area contributed by atoms with Gasteiger partial charge in [-0.25, -0.2) is 0 Å². The molecule has 0 N–H and O–H groups in total. The Morgan fingerprint density at radius 3 is 2.04 bits per heavy atom. The third kappa shape index (κ3) is 8.92. The van der Waals surface area contributed by atoms with Gasteiger partial charge in [0.25, 0.3) is 0 Å². The number of piperazine rings is 1. The molecule has 1 aromatic rings. The van der Waals surface area contributed by atoms with Gasteiger partial charge >= 0.3 is 0 Å². The van der Waals surface area contributed by atoms with Crippen molar-refractivity contribution in [2.24, 2.45) is 29.1 Å². The SMILES string of the molecule is CC(=O)C(C)(C)Cc1ccc(C2CCC3(CC2)OOC2(OO3)C(C)CC3CC(C)CC2C3)cc1.CCCC(CCC)N1CCN(C)CC1. The quantitative estimate of drug-likeness (QED) is 0.243. The summed E-state index contributed by atoms with van der Waals surface area (Å²) in [5, 5.41) is 0. The van der Waals surface area contributed by atoms with Crippen molar-refractivity contribution >= 4 is 5.78 Å². The Bertz CT molecular complexity index is 1130. The lowest BCUT2D eigenvalue weighted by atomic mass is 9.62. The average molecular weight is 669 g/mol. The molecule has 3 saturated carbocycles. The first kappa shape index (κ1) is 37.9. The molecule has 2 bridgehead atoms. The summed E-state index contributed by atoms with van der Waals surface area (Å²) in [5.41, 5.74) is 2.23. The number of benzene rings is 1. The zero-order chi connectivity index (χ0) is 34.5. The molecule has 4 unspecified atom stereocenters. The van der Waals surface area contributed by atoms with Crippen LogP contribution in [0.2, 0.25) is 0 Å². The predicted octanol–water partition coefficient (Wildman–Crippen LogP) is 9.10. The molecular formula is C41H68N2O5. The first-order valence-corrected chi connectivity index (χ1v) is 19.6. The van der Waals surface area contributed by atoms with Crippen LogP contribution in [-0.4, -0.2) is 66.4 Å². The van der Waals surface area contributed by atoms with E-state index in [1.54, 1.807) is 6.92 Å². The minimum absolute atomic E-state index is 0.230. The van der Waals surface area contributed by atoms with Crippen molar-refractivity contribution in [2.75, 3.05) is 33.2 Å². The predicted molar refractivity (Wildman–Crippen MR) is 192 cm³/mol. The molecular weight excluding hydrogens is 600 g/mol. The first-order valence-electron chi connectivity index (χ1n) is 19.6. The number of fused-ring (bicyclic) bond motifs is 3. The summed E-state index contributed by atoms with van der Waals surface area (Å²) in [5.74, 6) is 1.24. The van der Waals surface area contributed by atoms with Crippen LogP contribution in [0.3, 0.4) is 0 Å². The number of nitrogens with zero attached hydrogens (tertiary/aromatic N) is 2. The van der Waals surface area contributed by atoms with E-state index in [4.69, 9.17) is 19.6 Å². The highest BCUT2D eigenvalue weighted by Gasteiger charge is 2.60. The molecule has 4 atom stereocenters. The molecule has 2 saturated heterocycles. The maximum Gasteiger partial charge on any atom is 0.239 e. The summed E-state index contributed by atoms with van der Waals surface area (Å²) in [6, 6.07) is 9.67. The largest absolute Gasteiger partial charge is 0.304 e. The van der Waals surface area contributed by atoms with Crippen LogP contribution in [0.25, 0.3) is 0 Å². The number of ketones is 1. The van der Waals surface area contributed by atoms with Crippen LogP contribution in [0.15, 0.2) is 24.3 Å². The number of carbonyl (C=O) groups is 1. The van der Waals surface area contributed by atoms with E-state index in [1.807, 2.05) is 13.8 Å². The Morgan fingerprint density at radius 2 is 1.48 bits per heavy atom. The molecule has 1 aromatic carbocycles. The highest BCUT2D eigenvalue weighted by atomic mass is 17.4. The van der Waals surface area contributed by atoms with E-state index in [9.17, 15) is 4.79 Å². The van der Waals surface area contributed by atoms with Gasteiger partial charge < -0.3 is 4.90 Å². The topological polar surface area (TPSA) is 60.5 Å². The third-order valence-corrected chi connectivity index (χ3v) is 12.7. The monoisotopic (exact) mass is 669 g/mol. The van der Waals surface area contributed by atoms with E-state index in [1.165, 1.54) is 69.4 Å². The fourth-order valence-electron chi connectivity index (χ4n) is 9.41. The smallest absolute Gasteiger partial charge is 0.239 e. The number of Topliss-reactive ketones (excluding diaryl/α,β-unsaturated/α-hetero) is 1. The van der Waals surface area contributed by atoms with Gasteiger partial charge in [-0.2, -0.15) is 19.6 Å². The molecule has 0 amide bonds. The van der Waals surface area contributed by atoms with Gasteiger partial charge in [0.2, 0.25) is 11.6 Å². The third-order valence-electron chi connectivity index (χ3n) is 12.7. The van der Waals surface area contributed by atoms with Gasteiger partial charge in [0.05, 0.1) is 0 Å². The lowest BCUT2D eigenvalue weighted by Gasteiger charge is -2.55. The van der Waals surface area contributed by atoms with Gasteiger partial charge in [-0.15, -0.1) is 0 Å². The Kier molecular flexibility index (Phi) is 12.9. The number of hydrogen-bond donors (Lipinski definition) is 0. The molecule has 272 valence electrons. The normalized spacial score (nSPS) is 34.6. The Morgan fingerprint density at radius 1 is 0.875 bits per heavy atom. The van der Waals surface area contributed by atoms with Crippen LogP contribution in [-0.2, 0) is 30.8 Å². The Labute approximate surface area is 292 Å². The summed E-state index contributed by atoms with van der Waals surface area (Å²) in [6.45, 7) is 19.9. The van der Waals surface area contributed by atoms with Crippen molar-refractivity contribution in [2.45, 2.75) is 155 Å². The summed E-state index contributed by atoms with van der Waals surface area (Å²) in [4.78, 5) is 41.6. The van der Waals surface area contributed by atoms with Crippen molar-refractivity contribution in [1.29, 1.82) is 0 Å². The van der Waals surface area contributed by atoms with E-state index in [0.717, 1.165) is 63.3 Å². The van der Waals surface area contributed by atoms with Crippen LogP contribution in [0.5, 0.6) is 0 Å². The van der Waals surface area contributed by atoms with Crippen molar-refractivity contribution in [3.63, 3.8) is 0 Å². The van der Waals surface area contributed by atoms with Gasteiger partial charge in [0.1, 0.15) is 5.78 Å². The lowest BCUT2D eigenvalue weighted by molar-refractivity contribution is -0.677. The highest BCUT2D eigenvalue weighted by molar-refractivity contribution is 5.81. The van der Waals surface area contributed by atoms with Gasteiger partial charge in [-0.3, -0.25) is 9.69 Å². The van der Waals surface area contributed by atoms with Crippen LogP contribution >= 0.6 is 0 Å². The van der Waals surface area contributed by atoms with Crippen molar-refractivity contribution in [1.82, 2.24) is 9.80 Å². The van der Waals surface area contributed by atoms with Crippen molar-refractivity contribution < 1.29 is 24.3 Å². The maximum absolute atomic E-state index is 11.9. The second kappa shape index (κ2) is 16.3. The molecule has 5 fully saturated rings. The average Bonchev–Trinajstić information content (AvgIpc) is 3.06. The fourth-order valence-corrected chi connectivity index (χ4v) is 9.41. The number of carbonyl (C=O) groups excluding carboxylic acids is 1. The Hall–Kier alpha value is -1.35. The van der Waals surface area contributed by atoms with Gasteiger partial charge in [0, 0.05) is 62.3 Å². The first-order chi connectivity index (χ1) is 22.9. The van der Waals surface area contributed by atoms with E-state index < -0.39 is 11.6 Å². The van der Waals surface area contributed by atoms with E-state index in [2.05, 4.69) is 68.8 Å². The van der Waals surface area contributed by atoms with Crippen LogP contribution in [0.1, 0.15) is 143 Å². The van der Waals surface area contributed by atoms with E-state index >= 15 is 0 Å². The summed E-state index contributed by atoms with van der Waals surface area (Å²) < 4.78 is 0. The summed E-state index contributed by atoms with van der Waals surface area (Å²) in [7, 11) is 2.23. The molecule has 7 heteroatoms. The van der Waals surface area contributed by atoms with Gasteiger partial charge in [-0.05, 0) is 101 Å². The minimum Gasteiger partial charge on any atom is -0.304 e. The Balaban J connectivity index is 0.000000271. The second-order valence-electron chi connectivity index (χ2n) is 17.2. The molecule has 2 heterocycles. The fraction of sp³-hybridized carbons (Fsp3) is 0.829. The standard InChI is InChI=1S/C29H42O5.C12H26N2/c1-19-14-23-16-20(2)29(26(15-19)17-23)33-31-28(32-34-29)12-10-25(11-13-28)24-8-6-22(7-9-24)18-27(4,5)21(3)30;1-4-6-12(7-5-2)14-10-8-13(3)9-11-14/h6-9,19-20,23,25-26H,10-18H2,1-5H3;12H,4-11H2,1-3H3. The summed E-state index contributed by atoms with van der Waals surface area (Å²) in [6.07, 6.45) is 14.3. The maximum atomic E-state index is 11.9. The van der Waals surface area contributed by atoms with Crippen molar-refractivity contribution in [3.05, 3.63) is 35.4 Å². The van der Waals surface area contributed by atoms with Crippen molar-refractivity contribution in [3.8, 4) is 0 Å². The van der Waals surface area contributed by atoms with Crippen LogP contribution < -0.4 is 0 Å². The number of hydrogen-bond acceptors (Lipinski definition) is 7. The minimum atomic E-state index is -0.788. The zero-order valence-corrected chi connectivity index (χ0v) is 31.7. The van der Waals surface area contributed by atoms with Gasteiger partial charge in [-0.1, -0.05) is 78.6 Å². The molecule has 7 nitrogen and oxygen atoms in total. The molecule has 6 rings (SSSR count). The van der Waals surface area contributed by atoms with E-state index in [0.29, 0.717) is 17.8 Å². The second-order valence-corrected chi connectivity index (χ2v) is 17.2. The highest BCUT2D eigenvalue weighted by Crippen LogP contribution is 2.56. The molecule has 3 aliphatic carbocycles. The molecule has 48 heavy (non-hydrogen) atoms. The molecule has 5 aliphatic rings. The molecule has 2 spiro atoms. The number of likely N-dealkylation sites (N-methyl/N-ethyl adjacent to an activating group) is 1. The molecule has 0 aromatic heterocycles.